The van der Waals surface area contributed by atoms with Crippen LogP contribution in [0, 0.1) is 18.3 Å². The van der Waals surface area contributed by atoms with Crippen molar-refractivity contribution in [2.75, 3.05) is 5.32 Å². The van der Waals surface area contributed by atoms with Crippen LogP contribution in [0.5, 0.6) is 0 Å². The second-order valence-electron chi connectivity index (χ2n) is 3.66. The van der Waals surface area contributed by atoms with Crippen LogP contribution in [-0.4, -0.2) is 0 Å². The molecule has 2 aromatic rings. The summed E-state index contributed by atoms with van der Waals surface area (Å²) in [5, 5.41) is 12.1. The molecular formula is C13H11BrN2S. The van der Waals surface area contributed by atoms with E-state index in [2.05, 4.69) is 40.3 Å². The minimum absolute atomic E-state index is 0.679. The maximum absolute atomic E-state index is 8.81. The van der Waals surface area contributed by atoms with E-state index in [0.717, 1.165) is 16.7 Å². The van der Waals surface area contributed by atoms with Gasteiger partial charge in [0.2, 0.25) is 0 Å². The Morgan fingerprint density at radius 1 is 1.41 bits per heavy atom. The lowest BCUT2D eigenvalue weighted by molar-refractivity contribution is 1.19. The first-order chi connectivity index (χ1) is 8.19. The van der Waals surface area contributed by atoms with Crippen LogP contribution in [0.3, 0.4) is 0 Å². The second-order valence-corrected chi connectivity index (χ2v) is 5.86. The summed E-state index contributed by atoms with van der Waals surface area (Å²) in [5.41, 5.74) is 1.66. The molecule has 0 saturated carbocycles. The third kappa shape index (κ3) is 3.09. The van der Waals surface area contributed by atoms with Crippen molar-refractivity contribution < 1.29 is 0 Å². The highest BCUT2D eigenvalue weighted by Gasteiger charge is 2.02. The zero-order chi connectivity index (χ0) is 12.3. The van der Waals surface area contributed by atoms with E-state index in [9.17, 15) is 0 Å². The van der Waals surface area contributed by atoms with Crippen LogP contribution in [0.25, 0.3) is 0 Å². The number of hydrogen-bond donors (Lipinski definition) is 1. The molecule has 4 heteroatoms. The van der Waals surface area contributed by atoms with Gasteiger partial charge in [0, 0.05) is 26.5 Å². The number of anilines is 1. The van der Waals surface area contributed by atoms with Gasteiger partial charge in [0.25, 0.3) is 0 Å². The zero-order valence-electron chi connectivity index (χ0n) is 9.33. The lowest BCUT2D eigenvalue weighted by Crippen LogP contribution is -1.97. The molecule has 0 aliphatic rings. The third-order valence-corrected chi connectivity index (χ3v) is 4.50. The molecule has 0 saturated heterocycles. The van der Waals surface area contributed by atoms with Gasteiger partial charge in [0.05, 0.1) is 11.6 Å². The van der Waals surface area contributed by atoms with Crippen molar-refractivity contribution in [1.29, 1.82) is 5.26 Å². The average molecular weight is 307 g/mol. The van der Waals surface area contributed by atoms with Crippen molar-refractivity contribution in [3.8, 4) is 6.07 Å². The van der Waals surface area contributed by atoms with Crippen LogP contribution in [0.1, 0.15) is 15.3 Å². The minimum Gasteiger partial charge on any atom is -0.380 e. The van der Waals surface area contributed by atoms with Gasteiger partial charge in [-0.15, -0.1) is 11.3 Å². The molecule has 86 valence electrons. The summed E-state index contributed by atoms with van der Waals surface area (Å²) in [7, 11) is 0. The molecule has 2 rings (SSSR count). The first kappa shape index (κ1) is 12.2. The van der Waals surface area contributed by atoms with Gasteiger partial charge in [-0.2, -0.15) is 5.26 Å². The van der Waals surface area contributed by atoms with Crippen LogP contribution in [0.15, 0.2) is 34.8 Å². The Labute approximate surface area is 113 Å². The Bertz CT molecular complexity index is 550. The third-order valence-electron chi connectivity index (χ3n) is 2.37. The van der Waals surface area contributed by atoms with E-state index in [1.807, 2.05) is 18.2 Å². The number of nitriles is 1. The molecule has 0 aliphatic carbocycles. The molecule has 0 unspecified atom stereocenters. The van der Waals surface area contributed by atoms with Crippen LogP contribution < -0.4 is 5.32 Å². The summed E-state index contributed by atoms with van der Waals surface area (Å²) >= 11 is 5.27. The van der Waals surface area contributed by atoms with Crippen molar-refractivity contribution >= 4 is 33.0 Å². The van der Waals surface area contributed by atoms with E-state index in [-0.39, 0.29) is 0 Å². The molecule has 2 nitrogen and oxygen atoms in total. The van der Waals surface area contributed by atoms with E-state index < -0.39 is 0 Å². The van der Waals surface area contributed by atoms with Crippen LogP contribution in [0.2, 0.25) is 0 Å². The lowest BCUT2D eigenvalue weighted by atomic mass is 10.2. The fourth-order valence-electron chi connectivity index (χ4n) is 1.49. The topological polar surface area (TPSA) is 35.8 Å². The highest BCUT2D eigenvalue weighted by atomic mass is 79.9. The van der Waals surface area contributed by atoms with E-state index >= 15 is 0 Å². The fourth-order valence-corrected chi connectivity index (χ4v) is 3.03. The molecule has 1 aromatic carbocycles. The smallest absolute Gasteiger partial charge is 0.0992 e. The van der Waals surface area contributed by atoms with Gasteiger partial charge in [-0.3, -0.25) is 0 Å². The molecule has 0 aliphatic heterocycles. The number of halogens is 1. The van der Waals surface area contributed by atoms with E-state index in [4.69, 9.17) is 5.26 Å². The molecule has 17 heavy (non-hydrogen) atoms. The van der Waals surface area contributed by atoms with Gasteiger partial charge in [-0.05, 0) is 47.1 Å². The molecule has 0 spiro atoms. The quantitative estimate of drug-likeness (QED) is 0.917. The maximum atomic E-state index is 8.81. The largest absolute Gasteiger partial charge is 0.380 e. The monoisotopic (exact) mass is 306 g/mol. The molecular weight excluding hydrogens is 296 g/mol. The van der Waals surface area contributed by atoms with Gasteiger partial charge in [-0.1, -0.05) is 6.07 Å². The Morgan fingerprint density at radius 2 is 2.24 bits per heavy atom. The summed E-state index contributed by atoms with van der Waals surface area (Å²) in [6.45, 7) is 2.88. The summed E-state index contributed by atoms with van der Waals surface area (Å²) in [4.78, 5) is 2.56. The normalized spacial score (nSPS) is 9.94. The zero-order valence-corrected chi connectivity index (χ0v) is 11.7. The number of rotatable bonds is 3. The van der Waals surface area contributed by atoms with Gasteiger partial charge < -0.3 is 5.32 Å². The summed E-state index contributed by atoms with van der Waals surface area (Å²) in [5.74, 6) is 0. The second kappa shape index (κ2) is 5.35. The van der Waals surface area contributed by atoms with Crippen molar-refractivity contribution in [2.24, 2.45) is 0 Å². The molecule has 0 amide bonds. The summed E-state index contributed by atoms with van der Waals surface area (Å²) in [6.07, 6.45) is 0. The number of benzene rings is 1. The number of hydrogen-bond acceptors (Lipinski definition) is 3. The highest BCUT2D eigenvalue weighted by molar-refractivity contribution is 9.10. The maximum Gasteiger partial charge on any atom is 0.0992 e. The van der Waals surface area contributed by atoms with Crippen molar-refractivity contribution in [3.05, 3.63) is 50.1 Å². The minimum atomic E-state index is 0.679. The molecule has 1 aromatic heterocycles. The lowest BCUT2D eigenvalue weighted by Gasteiger charge is -2.04. The SMILES string of the molecule is Cc1sc(CNc2cccc(C#N)c2)cc1Br. The molecule has 0 bridgehead atoms. The van der Waals surface area contributed by atoms with Gasteiger partial charge >= 0.3 is 0 Å². The molecule has 0 fully saturated rings. The predicted octanol–water partition coefficient (Wildman–Crippen LogP) is 4.30. The van der Waals surface area contributed by atoms with Gasteiger partial charge in [0.15, 0.2) is 0 Å². The van der Waals surface area contributed by atoms with E-state index in [1.165, 1.54) is 9.75 Å². The van der Waals surface area contributed by atoms with Crippen molar-refractivity contribution in [2.45, 2.75) is 13.5 Å². The summed E-state index contributed by atoms with van der Waals surface area (Å²) < 4.78 is 1.16. The molecule has 1 N–H and O–H groups in total. The standard InChI is InChI=1S/C13H11BrN2S/c1-9-13(14)6-12(17-9)8-16-11-4-2-3-10(5-11)7-15/h2-6,16H,8H2,1H3. The van der Waals surface area contributed by atoms with Crippen LogP contribution in [0.4, 0.5) is 5.69 Å². The van der Waals surface area contributed by atoms with Gasteiger partial charge in [-0.25, -0.2) is 0 Å². The summed E-state index contributed by atoms with van der Waals surface area (Å²) in [6, 6.07) is 11.8. The number of aryl methyl sites for hydroxylation is 1. The van der Waals surface area contributed by atoms with Crippen molar-refractivity contribution in [1.82, 2.24) is 0 Å². The highest BCUT2D eigenvalue weighted by Crippen LogP contribution is 2.26. The molecule has 1 heterocycles. The number of thiophene rings is 1. The first-order valence-electron chi connectivity index (χ1n) is 5.18. The van der Waals surface area contributed by atoms with Crippen LogP contribution >= 0.6 is 27.3 Å². The average Bonchev–Trinajstić information content (AvgIpc) is 2.67. The first-order valence-corrected chi connectivity index (χ1v) is 6.79. The number of nitrogens with one attached hydrogen (secondary N) is 1. The molecule has 0 atom stereocenters. The van der Waals surface area contributed by atoms with E-state index in [0.29, 0.717) is 5.56 Å². The number of nitrogens with zero attached hydrogens (tertiary/aromatic N) is 1. The van der Waals surface area contributed by atoms with E-state index in [1.54, 1.807) is 17.4 Å². The Hall–Kier alpha value is -1.31. The predicted molar refractivity (Wildman–Crippen MR) is 75.2 cm³/mol. The molecule has 0 radical (unpaired) electrons. The fraction of sp³-hybridized carbons (Fsp3) is 0.154. The Morgan fingerprint density at radius 3 is 2.88 bits per heavy atom. The Kier molecular flexibility index (Phi) is 3.82. The van der Waals surface area contributed by atoms with Gasteiger partial charge in [0.1, 0.15) is 0 Å². The van der Waals surface area contributed by atoms with Crippen molar-refractivity contribution in [3.63, 3.8) is 0 Å². The van der Waals surface area contributed by atoms with Crippen LogP contribution in [-0.2, 0) is 6.54 Å². The Balaban J connectivity index is 2.05.